The second-order valence-electron chi connectivity index (χ2n) is 7.27. The van der Waals surface area contributed by atoms with Crippen molar-refractivity contribution < 1.29 is 8.42 Å². The number of nitrogens with zero attached hydrogens (tertiary/aromatic N) is 3. The molecule has 2 heterocycles. The summed E-state index contributed by atoms with van der Waals surface area (Å²) in [4.78, 5) is 5.03. The molecule has 0 N–H and O–H groups in total. The van der Waals surface area contributed by atoms with E-state index in [9.17, 15) is 8.42 Å². The van der Waals surface area contributed by atoms with Crippen LogP contribution in [0.2, 0.25) is 0 Å². The summed E-state index contributed by atoms with van der Waals surface area (Å²) in [6.45, 7) is 10.4. The molecule has 0 radical (unpaired) electrons. The van der Waals surface area contributed by atoms with Crippen molar-refractivity contribution in [2.45, 2.75) is 38.6 Å². The van der Waals surface area contributed by atoms with Crippen LogP contribution in [0.25, 0.3) is 0 Å². The van der Waals surface area contributed by atoms with E-state index in [2.05, 4.69) is 30.7 Å². The molecule has 2 saturated heterocycles. The fourth-order valence-corrected chi connectivity index (χ4v) is 4.77. The Hall–Kier alpha value is -0.170. The average molecular weight is 317 g/mol. The van der Waals surface area contributed by atoms with Crippen LogP contribution < -0.4 is 0 Å². The van der Waals surface area contributed by atoms with E-state index in [0.717, 1.165) is 39.0 Å². The first-order valence-corrected chi connectivity index (χ1v) is 9.96. The first-order chi connectivity index (χ1) is 9.73. The molecular formula is C15H31N3O2S. The van der Waals surface area contributed by atoms with Crippen LogP contribution in [0.3, 0.4) is 0 Å². The number of hydrogen-bond donors (Lipinski definition) is 0. The highest BCUT2D eigenvalue weighted by Gasteiger charge is 2.42. The van der Waals surface area contributed by atoms with E-state index in [1.54, 1.807) is 4.31 Å². The number of hydrogen-bond acceptors (Lipinski definition) is 4. The lowest BCUT2D eigenvalue weighted by Crippen LogP contribution is -2.61. The van der Waals surface area contributed by atoms with Gasteiger partial charge >= 0.3 is 0 Å². The van der Waals surface area contributed by atoms with E-state index in [4.69, 9.17) is 0 Å². The van der Waals surface area contributed by atoms with Crippen molar-refractivity contribution in [2.75, 3.05) is 52.6 Å². The molecule has 124 valence electrons. The molecule has 6 heteroatoms. The smallest absolute Gasteiger partial charge is 0.211 e. The summed E-state index contributed by atoms with van der Waals surface area (Å²) in [7, 11) is -0.858. The van der Waals surface area contributed by atoms with Gasteiger partial charge < -0.3 is 4.90 Å². The van der Waals surface area contributed by atoms with Crippen molar-refractivity contribution in [3.63, 3.8) is 0 Å². The minimum atomic E-state index is -3.04. The van der Waals surface area contributed by atoms with E-state index in [1.807, 2.05) is 0 Å². The Labute approximate surface area is 130 Å². The van der Waals surface area contributed by atoms with Gasteiger partial charge in [0.05, 0.1) is 6.26 Å². The van der Waals surface area contributed by atoms with Crippen LogP contribution in [0.4, 0.5) is 0 Å². The van der Waals surface area contributed by atoms with Gasteiger partial charge in [0.25, 0.3) is 0 Å². The minimum Gasteiger partial charge on any atom is -0.304 e. The van der Waals surface area contributed by atoms with Crippen molar-refractivity contribution in [2.24, 2.45) is 5.92 Å². The normalized spacial score (nSPS) is 26.3. The highest BCUT2D eigenvalue weighted by atomic mass is 32.2. The SMILES string of the molecule is CC(C)CC1(N2CCN(C)CC2)CCN(S(C)(=O)=O)CC1. The molecule has 2 aliphatic rings. The Morgan fingerprint density at radius 3 is 1.95 bits per heavy atom. The van der Waals surface area contributed by atoms with Gasteiger partial charge in [-0.05, 0) is 32.2 Å². The van der Waals surface area contributed by atoms with E-state index >= 15 is 0 Å². The van der Waals surface area contributed by atoms with Crippen molar-refractivity contribution >= 4 is 10.0 Å². The van der Waals surface area contributed by atoms with E-state index in [1.165, 1.54) is 12.7 Å². The summed E-state index contributed by atoms with van der Waals surface area (Å²) in [5, 5.41) is 0. The van der Waals surface area contributed by atoms with Gasteiger partial charge in [-0.15, -0.1) is 0 Å². The third-order valence-electron chi connectivity index (χ3n) is 5.08. The highest BCUT2D eigenvalue weighted by molar-refractivity contribution is 7.88. The van der Waals surface area contributed by atoms with Crippen molar-refractivity contribution in [3.8, 4) is 0 Å². The number of likely N-dealkylation sites (N-methyl/N-ethyl adjacent to an activating group) is 1. The Morgan fingerprint density at radius 1 is 1.00 bits per heavy atom. The van der Waals surface area contributed by atoms with Crippen molar-refractivity contribution in [3.05, 3.63) is 0 Å². The molecule has 21 heavy (non-hydrogen) atoms. The predicted molar refractivity (Wildman–Crippen MR) is 86.9 cm³/mol. The van der Waals surface area contributed by atoms with Gasteiger partial charge in [0.2, 0.25) is 10.0 Å². The quantitative estimate of drug-likeness (QED) is 0.778. The second kappa shape index (κ2) is 6.52. The van der Waals surface area contributed by atoms with Crippen LogP contribution in [0.1, 0.15) is 33.1 Å². The van der Waals surface area contributed by atoms with Crippen LogP contribution in [0.15, 0.2) is 0 Å². The molecule has 0 atom stereocenters. The summed E-state index contributed by atoms with van der Waals surface area (Å²) in [6, 6.07) is 0. The first-order valence-electron chi connectivity index (χ1n) is 8.12. The third-order valence-corrected chi connectivity index (χ3v) is 6.39. The zero-order valence-corrected chi connectivity index (χ0v) is 14.8. The Morgan fingerprint density at radius 2 is 1.52 bits per heavy atom. The summed E-state index contributed by atoms with van der Waals surface area (Å²) in [5.41, 5.74) is 0.205. The first kappa shape index (κ1) is 17.2. The van der Waals surface area contributed by atoms with Crippen LogP contribution in [0, 0.1) is 5.92 Å². The zero-order valence-electron chi connectivity index (χ0n) is 14.0. The molecule has 0 aliphatic carbocycles. The van der Waals surface area contributed by atoms with Gasteiger partial charge in [-0.3, -0.25) is 4.90 Å². The Kier molecular flexibility index (Phi) is 5.34. The molecule has 0 spiro atoms. The van der Waals surface area contributed by atoms with Gasteiger partial charge in [0.15, 0.2) is 0 Å². The molecule has 5 nitrogen and oxygen atoms in total. The molecule has 2 rings (SSSR count). The molecule has 0 saturated carbocycles. The van der Waals surface area contributed by atoms with Gasteiger partial charge in [-0.1, -0.05) is 13.8 Å². The van der Waals surface area contributed by atoms with Crippen molar-refractivity contribution in [1.82, 2.24) is 14.1 Å². The molecule has 2 fully saturated rings. The molecule has 0 aromatic heterocycles. The largest absolute Gasteiger partial charge is 0.304 e. The molecule has 2 aliphatic heterocycles. The second-order valence-corrected chi connectivity index (χ2v) is 9.26. The molecule has 0 amide bonds. The van der Waals surface area contributed by atoms with E-state index in [-0.39, 0.29) is 5.54 Å². The maximum atomic E-state index is 11.7. The number of piperidine rings is 1. The number of piperazine rings is 1. The zero-order chi connectivity index (χ0) is 15.7. The van der Waals surface area contributed by atoms with Crippen LogP contribution in [0.5, 0.6) is 0 Å². The molecule has 0 bridgehead atoms. The Balaban J connectivity index is 2.09. The fraction of sp³-hybridized carbons (Fsp3) is 1.00. The summed E-state index contributed by atoms with van der Waals surface area (Å²) >= 11 is 0. The summed E-state index contributed by atoms with van der Waals surface area (Å²) in [5.74, 6) is 0.648. The Bertz CT molecular complexity index is 434. The van der Waals surface area contributed by atoms with Crippen LogP contribution in [-0.4, -0.2) is 80.6 Å². The monoisotopic (exact) mass is 317 g/mol. The van der Waals surface area contributed by atoms with Gasteiger partial charge in [-0.2, -0.15) is 0 Å². The molecule has 0 aromatic rings. The van der Waals surface area contributed by atoms with Crippen molar-refractivity contribution in [1.29, 1.82) is 0 Å². The fourth-order valence-electron chi connectivity index (χ4n) is 3.92. The third kappa shape index (κ3) is 4.18. The lowest BCUT2D eigenvalue weighted by Gasteiger charge is -2.51. The number of rotatable bonds is 4. The van der Waals surface area contributed by atoms with Gasteiger partial charge in [0, 0.05) is 44.8 Å². The highest BCUT2D eigenvalue weighted by Crippen LogP contribution is 2.36. The summed E-state index contributed by atoms with van der Waals surface area (Å²) < 4.78 is 25.1. The molecular weight excluding hydrogens is 286 g/mol. The van der Waals surface area contributed by atoms with Crippen LogP contribution in [-0.2, 0) is 10.0 Å². The molecule has 0 unspecified atom stereocenters. The van der Waals surface area contributed by atoms with Crippen LogP contribution >= 0.6 is 0 Å². The topological polar surface area (TPSA) is 43.9 Å². The maximum Gasteiger partial charge on any atom is 0.211 e. The lowest BCUT2D eigenvalue weighted by atomic mass is 9.79. The van der Waals surface area contributed by atoms with Gasteiger partial charge in [0.1, 0.15) is 0 Å². The minimum absolute atomic E-state index is 0.205. The predicted octanol–water partition coefficient (Wildman–Crippen LogP) is 1.07. The maximum absolute atomic E-state index is 11.7. The summed E-state index contributed by atoms with van der Waals surface area (Å²) in [6.07, 6.45) is 4.45. The van der Waals surface area contributed by atoms with Gasteiger partial charge in [-0.25, -0.2) is 12.7 Å². The lowest BCUT2D eigenvalue weighted by molar-refractivity contribution is -0.00649. The van der Waals surface area contributed by atoms with E-state index in [0.29, 0.717) is 19.0 Å². The average Bonchev–Trinajstić information content (AvgIpc) is 2.38. The standard InChI is InChI=1S/C15H31N3O2S/c1-14(2)13-15(17-11-9-16(3)10-12-17)5-7-18(8-6-15)21(4,19)20/h14H,5-13H2,1-4H3. The number of sulfonamides is 1. The van der Waals surface area contributed by atoms with E-state index < -0.39 is 10.0 Å². The molecule has 0 aromatic carbocycles.